The molecule has 0 saturated carbocycles. The quantitative estimate of drug-likeness (QED) is 0.235. The van der Waals surface area contributed by atoms with Gasteiger partial charge in [-0.25, -0.2) is 0 Å². The Hall–Kier alpha value is -3.68. The summed E-state index contributed by atoms with van der Waals surface area (Å²) in [4.78, 5) is 48.6. The van der Waals surface area contributed by atoms with Crippen LogP contribution >= 0.6 is 0 Å². The molecule has 0 radical (unpaired) electrons. The van der Waals surface area contributed by atoms with Crippen LogP contribution in [0.4, 0.5) is 0 Å². The number of benzene rings is 2. The van der Waals surface area contributed by atoms with Crippen LogP contribution in [0.2, 0.25) is 0 Å². The molecule has 38 heavy (non-hydrogen) atoms. The second kappa shape index (κ2) is 17.7. The standard InChI is InChI=1S/C30H42N4O4/c1-23(33-29(37)25-17-11-9-12-18-25)27(35)31-21-15-7-5-3-4-6-8-16-22-32-28(36)24(2)34-30(38)26-19-13-10-14-20-26/h9-14,17-20,23-24H,3-8,15-16,21-22H2,1-2H3,(H,31,35)(H,32,36)(H,33,37)(H,34,38)/t23-,24-/m0/s1. The molecule has 0 aliphatic heterocycles. The van der Waals surface area contributed by atoms with Crippen molar-refractivity contribution in [3.05, 3.63) is 71.8 Å². The van der Waals surface area contributed by atoms with E-state index in [1.54, 1.807) is 62.4 Å². The van der Waals surface area contributed by atoms with Crippen LogP contribution in [0.25, 0.3) is 0 Å². The van der Waals surface area contributed by atoms with E-state index in [0.717, 1.165) is 51.4 Å². The van der Waals surface area contributed by atoms with E-state index < -0.39 is 12.1 Å². The van der Waals surface area contributed by atoms with Gasteiger partial charge in [-0.1, -0.05) is 74.9 Å². The zero-order valence-corrected chi connectivity index (χ0v) is 22.6. The Morgan fingerprint density at radius 1 is 0.526 bits per heavy atom. The normalized spacial score (nSPS) is 12.2. The molecule has 0 aliphatic carbocycles. The van der Waals surface area contributed by atoms with Gasteiger partial charge in [0, 0.05) is 24.2 Å². The Morgan fingerprint density at radius 3 is 1.18 bits per heavy atom. The molecule has 0 unspecified atom stereocenters. The molecule has 0 bridgehead atoms. The molecule has 0 fully saturated rings. The van der Waals surface area contributed by atoms with Gasteiger partial charge in [0.2, 0.25) is 11.8 Å². The predicted molar refractivity (Wildman–Crippen MR) is 150 cm³/mol. The highest BCUT2D eigenvalue weighted by Crippen LogP contribution is 2.08. The number of carbonyl (C=O) groups is 4. The first-order valence-electron chi connectivity index (χ1n) is 13.7. The van der Waals surface area contributed by atoms with Crippen molar-refractivity contribution in [2.75, 3.05) is 13.1 Å². The van der Waals surface area contributed by atoms with E-state index in [9.17, 15) is 19.2 Å². The Balaban J connectivity index is 1.40. The third-order valence-electron chi connectivity index (χ3n) is 6.26. The molecule has 0 heterocycles. The van der Waals surface area contributed by atoms with Crippen LogP contribution in [0.15, 0.2) is 60.7 Å². The largest absolute Gasteiger partial charge is 0.354 e. The summed E-state index contributed by atoms with van der Waals surface area (Å²) in [5, 5.41) is 11.2. The van der Waals surface area contributed by atoms with E-state index in [1.165, 1.54) is 0 Å². The van der Waals surface area contributed by atoms with Gasteiger partial charge in [0.15, 0.2) is 0 Å². The van der Waals surface area contributed by atoms with Gasteiger partial charge in [-0.3, -0.25) is 19.2 Å². The molecule has 2 aromatic rings. The highest BCUT2D eigenvalue weighted by molar-refractivity contribution is 5.98. The summed E-state index contributed by atoms with van der Waals surface area (Å²) in [6, 6.07) is 16.6. The van der Waals surface area contributed by atoms with E-state index >= 15 is 0 Å². The minimum Gasteiger partial charge on any atom is -0.354 e. The average molecular weight is 523 g/mol. The van der Waals surface area contributed by atoms with Gasteiger partial charge >= 0.3 is 0 Å². The van der Waals surface area contributed by atoms with Crippen LogP contribution in [0.3, 0.4) is 0 Å². The van der Waals surface area contributed by atoms with Crippen molar-refractivity contribution in [2.45, 2.75) is 77.3 Å². The van der Waals surface area contributed by atoms with Crippen molar-refractivity contribution in [1.82, 2.24) is 21.3 Å². The highest BCUT2D eigenvalue weighted by Gasteiger charge is 2.16. The highest BCUT2D eigenvalue weighted by atomic mass is 16.2. The summed E-state index contributed by atoms with van der Waals surface area (Å²) in [5.74, 6) is -0.848. The molecule has 206 valence electrons. The van der Waals surface area contributed by atoms with Crippen LogP contribution in [-0.2, 0) is 9.59 Å². The zero-order valence-electron chi connectivity index (χ0n) is 22.6. The van der Waals surface area contributed by atoms with Crippen molar-refractivity contribution in [1.29, 1.82) is 0 Å². The number of hydrogen-bond acceptors (Lipinski definition) is 4. The smallest absolute Gasteiger partial charge is 0.251 e. The minimum absolute atomic E-state index is 0.172. The Morgan fingerprint density at radius 2 is 0.842 bits per heavy atom. The maximum Gasteiger partial charge on any atom is 0.251 e. The fourth-order valence-electron chi connectivity index (χ4n) is 3.91. The molecule has 2 aromatic carbocycles. The van der Waals surface area contributed by atoms with E-state index in [4.69, 9.17) is 0 Å². The number of rotatable bonds is 17. The summed E-state index contributed by atoms with van der Waals surface area (Å²) < 4.78 is 0. The van der Waals surface area contributed by atoms with Crippen molar-refractivity contribution < 1.29 is 19.2 Å². The van der Waals surface area contributed by atoms with Crippen LogP contribution in [0.1, 0.15) is 85.9 Å². The van der Waals surface area contributed by atoms with Crippen LogP contribution in [0, 0.1) is 0 Å². The van der Waals surface area contributed by atoms with Crippen LogP contribution < -0.4 is 21.3 Å². The molecule has 8 heteroatoms. The molecule has 4 amide bonds. The molecule has 4 N–H and O–H groups in total. The van der Waals surface area contributed by atoms with Crippen molar-refractivity contribution in [3.63, 3.8) is 0 Å². The first-order chi connectivity index (χ1) is 18.4. The van der Waals surface area contributed by atoms with Gasteiger partial charge in [0.25, 0.3) is 11.8 Å². The van der Waals surface area contributed by atoms with Crippen molar-refractivity contribution in [2.24, 2.45) is 0 Å². The molecule has 0 aromatic heterocycles. The summed E-state index contributed by atoms with van der Waals surface area (Å²) in [5.41, 5.74) is 1.08. The van der Waals surface area contributed by atoms with E-state index in [-0.39, 0.29) is 23.6 Å². The monoisotopic (exact) mass is 522 g/mol. The molecule has 0 aliphatic rings. The fourth-order valence-corrected chi connectivity index (χ4v) is 3.91. The lowest BCUT2D eigenvalue weighted by molar-refractivity contribution is -0.123. The van der Waals surface area contributed by atoms with E-state index in [1.807, 2.05) is 12.1 Å². The van der Waals surface area contributed by atoms with Gasteiger partial charge in [-0.2, -0.15) is 0 Å². The SMILES string of the molecule is C[C@H](NC(=O)c1ccccc1)C(=O)NCCCCCCCCCCNC(=O)[C@H](C)NC(=O)c1ccccc1. The van der Waals surface area contributed by atoms with Gasteiger partial charge in [-0.15, -0.1) is 0 Å². The molecule has 2 atom stereocenters. The molecular formula is C30H42N4O4. The van der Waals surface area contributed by atoms with Gasteiger partial charge in [0.1, 0.15) is 12.1 Å². The summed E-state index contributed by atoms with van der Waals surface area (Å²) in [6.45, 7) is 4.58. The number of amides is 4. The molecule has 2 rings (SSSR count). The molecule has 0 saturated heterocycles. The topological polar surface area (TPSA) is 116 Å². The zero-order chi connectivity index (χ0) is 27.6. The summed E-state index contributed by atoms with van der Waals surface area (Å²) in [6.07, 6.45) is 8.45. The third kappa shape index (κ3) is 12.0. The lowest BCUT2D eigenvalue weighted by atomic mass is 10.1. The first-order valence-corrected chi connectivity index (χ1v) is 13.7. The Labute approximate surface area is 226 Å². The first kappa shape index (κ1) is 30.5. The predicted octanol–water partition coefficient (Wildman–Crippen LogP) is 3.98. The number of hydrogen-bond donors (Lipinski definition) is 4. The van der Waals surface area contributed by atoms with Gasteiger partial charge in [-0.05, 0) is 51.0 Å². The lowest BCUT2D eigenvalue weighted by Gasteiger charge is -2.14. The molecular weight excluding hydrogens is 480 g/mol. The van der Waals surface area contributed by atoms with E-state index in [0.29, 0.717) is 24.2 Å². The third-order valence-corrected chi connectivity index (χ3v) is 6.26. The van der Waals surface area contributed by atoms with E-state index in [2.05, 4.69) is 21.3 Å². The minimum atomic E-state index is -0.580. The Bertz CT molecular complexity index is 916. The maximum absolute atomic E-state index is 12.2. The molecule has 0 spiro atoms. The van der Waals surface area contributed by atoms with Gasteiger partial charge in [0.05, 0.1) is 0 Å². The average Bonchev–Trinajstić information content (AvgIpc) is 2.94. The number of unbranched alkanes of at least 4 members (excludes halogenated alkanes) is 7. The van der Waals surface area contributed by atoms with Gasteiger partial charge < -0.3 is 21.3 Å². The van der Waals surface area contributed by atoms with Crippen LogP contribution in [0.5, 0.6) is 0 Å². The summed E-state index contributed by atoms with van der Waals surface area (Å²) >= 11 is 0. The number of carbonyl (C=O) groups excluding carboxylic acids is 4. The van der Waals surface area contributed by atoms with Crippen molar-refractivity contribution in [3.8, 4) is 0 Å². The summed E-state index contributed by atoms with van der Waals surface area (Å²) in [7, 11) is 0. The van der Waals surface area contributed by atoms with Crippen LogP contribution in [-0.4, -0.2) is 48.8 Å². The Kier molecular flexibility index (Phi) is 14.2. The van der Waals surface area contributed by atoms with Crippen molar-refractivity contribution >= 4 is 23.6 Å². The second-order valence-corrected chi connectivity index (χ2v) is 9.53. The fraction of sp³-hybridized carbons (Fsp3) is 0.467. The lowest BCUT2D eigenvalue weighted by Crippen LogP contribution is -2.45. The maximum atomic E-state index is 12.2. The molecule has 8 nitrogen and oxygen atoms in total. The second-order valence-electron chi connectivity index (χ2n) is 9.53. The number of nitrogens with one attached hydrogen (secondary N) is 4.